The van der Waals surface area contributed by atoms with Crippen LogP contribution in [0.25, 0.3) is 0 Å². The zero-order valence-electron chi connectivity index (χ0n) is 12.0. The van der Waals surface area contributed by atoms with Crippen LogP contribution in [0.3, 0.4) is 0 Å². The van der Waals surface area contributed by atoms with Crippen molar-refractivity contribution in [3.63, 3.8) is 0 Å². The molecule has 0 heterocycles. The third kappa shape index (κ3) is 6.21. The molecule has 0 spiro atoms. The maximum Gasteiger partial charge on any atom is 0.416 e. The lowest BCUT2D eigenvalue weighted by molar-refractivity contribution is -0.143. The fraction of sp³-hybridized carbons (Fsp3) is 0.357. The third-order valence-electron chi connectivity index (χ3n) is 2.76. The number of carbonyl (C=O) groups is 1. The van der Waals surface area contributed by atoms with E-state index in [9.17, 15) is 31.1 Å². The van der Waals surface area contributed by atoms with Gasteiger partial charge in [-0.15, -0.1) is 0 Å². The number of rotatable bonds is 5. The zero-order chi connectivity index (χ0) is 17.7. The SMILES string of the molecule is CN/C=C/C(=O)NCCc1cc(C(F)(F)F)cc(C(F)(F)F)c1. The van der Waals surface area contributed by atoms with Crippen molar-refractivity contribution in [3.8, 4) is 0 Å². The summed E-state index contributed by atoms with van der Waals surface area (Å²) in [6.07, 6.45) is -7.44. The highest BCUT2D eigenvalue weighted by atomic mass is 19.4. The first-order valence-electron chi connectivity index (χ1n) is 6.44. The quantitative estimate of drug-likeness (QED) is 0.639. The van der Waals surface area contributed by atoms with E-state index in [1.54, 1.807) is 7.05 Å². The molecule has 0 aliphatic carbocycles. The van der Waals surface area contributed by atoms with Crippen molar-refractivity contribution in [2.45, 2.75) is 18.8 Å². The smallest absolute Gasteiger partial charge is 0.394 e. The molecular formula is C14H14F6N2O. The number of hydrogen-bond donors (Lipinski definition) is 2. The average molecular weight is 340 g/mol. The Hall–Kier alpha value is -2.19. The fourth-order valence-corrected chi connectivity index (χ4v) is 1.71. The van der Waals surface area contributed by atoms with Gasteiger partial charge in [0, 0.05) is 25.9 Å². The summed E-state index contributed by atoms with van der Waals surface area (Å²) in [7, 11) is 1.56. The van der Waals surface area contributed by atoms with E-state index in [0.29, 0.717) is 12.1 Å². The van der Waals surface area contributed by atoms with Crippen LogP contribution in [-0.2, 0) is 23.6 Å². The predicted molar refractivity (Wildman–Crippen MR) is 71.4 cm³/mol. The first kappa shape index (κ1) is 18.9. The molecule has 0 aliphatic rings. The second-order valence-electron chi connectivity index (χ2n) is 4.58. The molecule has 1 aromatic rings. The Morgan fingerprint density at radius 3 is 2.00 bits per heavy atom. The lowest BCUT2D eigenvalue weighted by Crippen LogP contribution is -2.24. The van der Waals surface area contributed by atoms with Gasteiger partial charge in [0.2, 0.25) is 5.91 Å². The Balaban J connectivity index is 2.89. The maximum absolute atomic E-state index is 12.7. The molecule has 0 aromatic heterocycles. The van der Waals surface area contributed by atoms with Crippen LogP contribution in [0.5, 0.6) is 0 Å². The summed E-state index contributed by atoms with van der Waals surface area (Å²) < 4.78 is 76.0. The van der Waals surface area contributed by atoms with Gasteiger partial charge in [-0.25, -0.2) is 0 Å². The molecule has 1 aromatic carbocycles. The topological polar surface area (TPSA) is 41.1 Å². The number of nitrogens with one attached hydrogen (secondary N) is 2. The van der Waals surface area contributed by atoms with Crippen molar-refractivity contribution >= 4 is 5.91 Å². The molecule has 0 fully saturated rings. The molecule has 128 valence electrons. The maximum atomic E-state index is 12.7. The molecule has 0 atom stereocenters. The van der Waals surface area contributed by atoms with Crippen LogP contribution < -0.4 is 10.6 Å². The van der Waals surface area contributed by atoms with E-state index in [-0.39, 0.29) is 24.6 Å². The molecule has 3 nitrogen and oxygen atoms in total. The van der Waals surface area contributed by atoms with Gasteiger partial charge in [0.05, 0.1) is 11.1 Å². The molecule has 0 unspecified atom stereocenters. The van der Waals surface area contributed by atoms with Crippen LogP contribution in [-0.4, -0.2) is 19.5 Å². The molecule has 23 heavy (non-hydrogen) atoms. The largest absolute Gasteiger partial charge is 0.416 e. The second kappa shape index (κ2) is 7.38. The Labute approximate surface area is 128 Å². The van der Waals surface area contributed by atoms with Crippen molar-refractivity contribution in [3.05, 3.63) is 47.2 Å². The third-order valence-corrected chi connectivity index (χ3v) is 2.76. The minimum atomic E-state index is -4.88. The van der Waals surface area contributed by atoms with Crippen molar-refractivity contribution < 1.29 is 31.1 Å². The van der Waals surface area contributed by atoms with Crippen LogP contribution in [0.2, 0.25) is 0 Å². The highest BCUT2D eigenvalue weighted by molar-refractivity contribution is 5.87. The Morgan fingerprint density at radius 1 is 1.04 bits per heavy atom. The van der Waals surface area contributed by atoms with E-state index in [4.69, 9.17) is 0 Å². The van der Waals surface area contributed by atoms with Gasteiger partial charge >= 0.3 is 12.4 Å². The summed E-state index contributed by atoms with van der Waals surface area (Å²) in [5.41, 5.74) is -2.91. The minimum absolute atomic E-state index is 0.0672. The predicted octanol–water partition coefficient (Wildman–Crippen LogP) is 3.12. The number of benzene rings is 1. The highest BCUT2D eigenvalue weighted by Crippen LogP contribution is 2.36. The lowest BCUT2D eigenvalue weighted by Gasteiger charge is -2.14. The minimum Gasteiger partial charge on any atom is -0.394 e. The van der Waals surface area contributed by atoms with Gasteiger partial charge in [-0.1, -0.05) is 0 Å². The standard InChI is InChI=1S/C14H14F6N2O/c1-21-4-3-12(23)22-5-2-9-6-10(13(15,16)17)8-11(7-9)14(18,19)20/h3-4,6-8,21H,2,5H2,1H3,(H,22,23)/b4-3+. The van der Waals surface area contributed by atoms with Gasteiger partial charge in [0.15, 0.2) is 0 Å². The molecule has 0 saturated heterocycles. The average Bonchev–Trinajstić information content (AvgIpc) is 2.43. The van der Waals surface area contributed by atoms with Crippen molar-refractivity contribution in [2.75, 3.05) is 13.6 Å². The van der Waals surface area contributed by atoms with Crippen molar-refractivity contribution in [2.24, 2.45) is 0 Å². The molecule has 9 heteroatoms. The number of hydrogen-bond acceptors (Lipinski definition) is 2. The summed E-state index contributed by atoms with van der Waals surface area (Å²) in [5, 5.41) is 4.92. The van der Waals surface area contributed by atoms with Crippen LogP contribution in [0.15, 0.2) is 30.5 Å². The Morgan fingerprint density at radius 2 is 1.57 bits per heavy atom. The summed E-state index contributed by atoms with van der Waals surface area (Å²) in [5.74, 6) is -0.512. The van der Waals surface area contributed by atoms with Crippen molar-refractivity contribution in [1.29, 1.82) is 0 Å². The number of halogens is 6. The summed E-state index contributed by atoms with van der Waals surface area (Å²) in [6.45, 7) is -0.0918. The van der Waals surface area contributed by atoms with Gasteiger partial charge < -0.3 is 10.6 Å². The summed E-state index contributed by atoms with van der Waals surface area (Å²) in [6, 6.07) is 1.35. The molecule has 0 radical (unpaired) electrons. The molecule has 1 rings (SSSR count). The van der Waals surface area contributed by atoms with E-state index in [0.717, 1.165) is 6.08 Å². The highest BCUT2D eigenvalue weighted by Gasteiger charge is 2.36. The van der Waals surface area contributed by atoms with E-state index in [1.165, 1.54) is 6.20 Å². The normalized spacial score (nSPS) is 12.5. The van der Waals surface area contributed by atoms with E-state index >= 15 is 0 Å². The lowest BCUT2D eigenvalue weighted by atomic mass is 10.0. The Kier molecular flexibility index (Phi) is 6.05. The van der Waals surface area contributed by atoms with Gasteiger partial charge in [0.1, 0.15) is 0 Å². The number of alkyl halides is 6. The second-order valence-corrected chi connectivity index (χ2v) is 4.58. The fourth-order valence-electron chi connectivity index (χ4n) is 1.71. The monoisotopic (exact) mass is 340 g/mol. The molecule has 1 amide bonds. The van der Waals surface area contributed by atoms with E-state index in [1.807, 2.05) is 0 Å². The first-order chi connectivity index (χ1) is 10.5. The first-order valence-corrected chi connectivity index (χ1v) is 6.44. The van der Waals surface area contributed by atoms with Crippen LogP contribution in [0.4, 0.5) is 26.3 Å². The number of carbonyl (C=O) groups excluding carboxylic acids is 1. The van der Waals surface area contributed by atoms with Crippen LogP contribution in [0, 0.1) is 0 Å². The summed E-state index contributed by atoms with van der Waals surface area (Å²) in [4.78, 5) is 11.2. The van der Waals surface area contributed by atoms with E-state index < -0.39 is 29.4 Å². The van der Waals surface area contributed by atoms with Crippen LogP contribution in [0.1, 0.15) is 16.7 Å². The zero-order valence-corrected chi connectivity index (χ0v) is 12.0. The molecular weight excluding hydrogens is 326 g/mol. The van der Waals surface area contributed by atoms with Gasteiger partial charge in [-0.05, 0) is 30.2 Å². The van der Waals surface area contributed by atoms with Crippen LogP contribution >= 0.6 is 0 Å². The van der Waals surface area contributed by atoms with Gasteiger partial charge in [0.25, 0.3) is 0 Å². The van der Waals surface area contributed by atoms with E-state index in [2.05, 4.69) is 10.6 Å². The number of amides is 1. The summed E-state index contributed by atoms with van der Waals surface area (Å²) >= 11 is 0. The van der Waals surface area contributed by atoms with Gasteiger partial charge in [-0.3, -0.25) is 4.79 Å². The van der Waals surface area contributed by atoms with Crippen molar-refractivity contribution in [1.82, 2.24) is 10.6 Å². The van der Waals surface area contributed by atoms with Gasteiger partial charge in [-0.2, -0.15) is 26.3 Å². The molecule has 2 N–H and O–H groups in total. The Bertz CT molecular complexity index is 545. The molecule has 0 aliphatic heterocycles. The molecule has 0 bridgehead atoms. The molecule has 0 saturated carbocycles.